The molecule has 0 aromatic heterocycles. The predicted molar refractivity (Wildman–Crippen MR) is 82.1 cm³/mol. The predicted octanol–water partition coefficient (Wildman–Crippen LogP) is 4.55. The SMILES string of the molecule is Cc1ccc(CNc2cc(Br)ccc2C#N)c(C)c1. The van der Waals surface area contributed by atoms with E-state index in [4.69, 9.17) is 5.26 Å². The quantitative estimate of drug-likeness (QED) is 0.902. The van der Waals surface area contributed by atoms with Gasteiger partial charge in [-0.1, -0.05) is 39.7 Å². The fourth-order valence-corrected chi connectivity index (χ4v) is 2.36. The van der Waals surface area contributed by atoms with Crippen LogP contribution in [0.3, 0.4) is 0 Å². The van der Waals surface area contributed by atoms with Crippen molar-refractivity contribution in [2.45, 2.75) is 20.4 Å². The Kier molecular flexibility index (Phi) is 4.24. The molecule has 19 heavy (non-hydrogen) atoms. The molecule has 0 spiro atoms. The van der Waals surface area contributed by atoms with E-state index in [2.05, 4.69) is 59.4 Å². The first-order valence-electron chi connectivity index (χ1n) is 6.10. The van der Waals surface area contributed by atoms with Crippen molar-refractivity contribution in [3.63, 3.8) is 0 Å². The van der Waals surface area contributed by atoms with Gasteiger partial charge in [-0.05, 0) is 43.2 Å². The Morgan fingerprint density at radius 1 is 1.16 bits per heavy atom. The third kappa shape index (κ3) is 3.36. The smallest absolute Gasteiger partial charge is 0.101 e. The number of nitriles is 1. The molecule has 2 aromatic carbocycles. The number of benzene rings is 2. The summed E-state index contributed by atoms with van der Waals surface area (Å²) >= 11 is 3.43. The number of rotatable bonds is 3. The number of hydrogen-bond acceptors (Lipinski definition) is 2. The first kappa shape index (κ1) is 13.6. The Balaban J connectivity index is 2.19. The molecule has 0 saturated heterocycles. The minimum Gasteiger partial charge on any atom is -0.380 e. The summed E-state index contributed by atoms with van der Waals surface area (Å²) < 4.78 is 0.967. The van der Waals surface area contributed by atoms with Crippen LogP contribution in [-0.2, 0) is 6.54 Å². The number of aryl methyl sites for hydroxylation is 2. The number of anilines is 1. The zero-order valence-corrected chi connectivity index (χ0v) is 12.6. The molecule has 1 N–H and O–H groups in total. The Bertz CT molecular complexity index is 642. The van der Waals surface area contributed by atoms with E-state index in [-0.39, 0.29) is 0 Å². The van der Waals surface area contributed by atoms with Crippen molar-refractivity contribution in [2.24, 2.45) is 0 Å². The van der Waals surface area contributed by atoms with Crippen LogP contribution in [0.5, 0.6) is 0 Å². The van der Waals surface area contributed by atoms with Gasteiger partial charge in [-0.25, -0.2) is 0 Å². The fraction of sp³-hybridized carbons (Fsp3) is 0.188. The van der Waals surface area contributed by atoms with E-state index in [1.165, 1.54) is 16.7 Å². The van der Waals surface area contributed by atoms with E-state index >= 15 is 0 Å². The van der Waals surface area contributed by atoms with Gasteiger partial charge >= 0.3 is 0 Å². The molecule has 2 aromatic rings. The summed E-state index contributed by atoms with van der Waals surface area (Å²) in [5.41, 5.74) is 5.29. The minimum atomic E-state index is 0.660. The minimum absolute atomic E-state index is 0.660. The van der Waals surface area contributed by atoms with Gasteiger partial charge in [0.25, 0.3) is 0 Å². The van der Waals surface area contributed by atoms with Gasteiger partial charge < -0.3 is 5.32 Å². The lowest BCUT2D eigenvalue weighted by Crippen LogP contribution is -2.03. The first-order valence-corrected chi connectivity index (χ1v) is 6.89. The molecule has 0 atom stereocenters. The molecule has 0 fully saturated rings. The summed E-state index contributed by atoms with van der Waals surface area (Å²) in [6.07, 6.45) is 0. The molecule has 2 rings (SSSR count). The third-order valence-electron chi connectivity index (χ3n) is 3.07. The lowest BCUT2D eigenvalue weighted by molar-refractivity contribution is 1.11. The molecular formula is C16H15BrN2. The highest BCUT2D eigenvalue weighted by Crippen LogP contribution is 2.22. The maximum Gasteiger partial charge on any atom is 0.101 e. The normalized spacial score (nSPS) is 10.0. The second kappa shape index (κ2) is 5.90. The Labute approximate surface area is 122 Å². The summed E-state index contributed by atoms with van der Waals surface area (Å²) in [4.78, 5) is 0. The van der Waals surface area contributed by atoms with Gasteiger partial charge in [0, 0.05) is 11.0 Å². The highest BCUT2D eigenvalue weighted by atomic mass is 79.9. The molecule has 0 unspecified atom stereocenters. The summed E-state index contributed by atoms with van der Waals surface area (Å²) in [6.45, 7) is 4.92. The van der Waals surface area contributed by atoms with Gasteiger partial charge in [0.1, 0.15) is 6.07 Å². The molecular weight excluding hydrogens is 300 g/mol. The van der Waals surface area contributed by atoms with Crippen LogP contribution in [-0.4, -0.2) is 0 Å². The van der Waals surface area contributed by atoms with Crippen LogP contribution < -0.4 is 5.32 Å². The molecule has 0 heterocycles. The van der Waals surface area contributed by atoms with E-state index < -0.39 is 0 Å². The monoisotopic (exact) mass is 314 g/mol. The average Bonchev–Trinajstić information content (AvgIpc) is 2.38. The summed E-state index contributed by atoms with van der Waals surface area (Å²) in [6, 6.07) is 14.2. The Morgan fingerprint density at radius 2 is 1.95 bits per heavy atom. The molecule has 0 aliphatic heterocycles. The van der Waals surface area contributed by atoms with Crippen molar-refractivity contribution >= 4 is 21.6 Å². The van der Waals surface area contributed by atoms with Crippen molar-refractivity contribution in [2.75, 3.05) is 5.32 Å². The summed E-state index contributed by atoms with van der Waals surface area (Å²) in [5, 5.41) is 12.4. The van der Waals surface area contributed by atoms with Crippen molar-refractivity contribution in [1.82, 2.24) is 0 Å². The van der Waals surface area contributed by atoms with E-state index in [0.717, 1.165) is 16.7 Å². The van der Waals surface area contributed by atoms with Crippen LogP contribution in [0.1, 0.15) is 22.3 Å². The van der Waals surface area contributed by atoms with Crippen LogP contribution >= 0.6 is 15.9 Å². The molecule has 0 bridgehead atoms. The highest BCUT2D eigenvalue weighted by molar-refractivity contribution is 9.10. The van der Waals surface area contributed by atoms with Gasteiger partial charge in [-0.3, -0.25) is 0 Å². The van der Waals surface area contributed by atoms with Crippen molar-refractivity contribution in [3.8, 4) is 6.07 Å². The zero-order valence-electron chi connectivity index (χ0n) is 11.0. The molecule has 2 nitrogen and oxygen atoms in total. The molecule has 3 heteroatoms. The fourth-order valence-electron chi connectivity index (χ4n) is 1.99. The van der Waals surface area contributed by atoms with Gasteiger partial charge in [-0.15, -0.1) is 0 Å². The van der Waals surface area contributed by atoms with E-state index in [0.29, 0.717) is 5.56 Å². The molecule has 0 aliphatic carbocycles. The zero-order chi connectivity index (χ0) is 13.8. The standard InChI is InChI=1S/C16H15BrN2/c1-11-3-4-14(12(2)7-11)10-19-16-8-15(17)6-5-13(16)9-18/h3-8,19H,10H2,1-2H3. The van der Waals surface area contributed by atoms with Crippen molar-refractivity contribution < 1.29 is 0 Å². The molecule has 96 valence electrons. The second-order valence-electron chi connectivity index (χ2n) is 4.59. The maximum atomic E-state index is 9.09. The van der Waals surface area contributed by atoms with E-state index in [1.54, 1.807) is 0 Å². The molecule has 0 aliphatic rings. The lowest BCUT2D eigenvalue weighted by atomic mass is 10.1. The number of halogens is 1. The number of hydrogen-bond donors (Lipinski definition) is 1. The molecule has 0 amide bonds. The van der Waals surface area contributed by atoms with Crippen molar-refractivity contribution in [1.29, 1.82) is 5.26 Å². The molecule has 0 radical (unpaired) electrons. The van der Waals surface area contributed by atoms with Gasteiger partial charge in [0.05, 0.1) is 11.3 Å². The largest absolute Gasteiger partial charge is 0.380 e. The summed E-state index contributed by atoms with van der Waals surface area (Å²) in [7, 11) is 0. The van der Waals surface area contributed by atoms with Gasteiger partial charge in [0.2, 0.25) is 0 Å². The summed E-state index contributed by atoms with van der Waals surface area (Å²) in [5.74, 6) is 0. The highest BCUT2D eigenvalue weighted by Gasteiger charge is 2.04. The molecule has 0 saturated carbocycles. The van der Waals surface area contributed by atoms with E-state index in [9.17, 15) is 0 Å². The third-order valence-corrected chi connectivity index (χ3v) is 3.56. The first-order chi connectivity index (χ1) is 9.10. The Morgan fingerprint density at radius 3 is 2.63 bits per heavy atom. The number of nitrogens with zero attached hydrogens (tertiary/aromatic N) is 1. The topological polar surface area (TPSA) is 35.8 Å². The Hall–Kier alpha value is -1.79. The second-order valence-corrected chi connectivity index (χ2v) is 5.50. The van der Waals surface area contributed by atoms with Crippen molar-refractivity contribution in [3.05, 3.63) is 63.1 Å². The number of nitrogens with one attached hydrogen (secondary N) is 1. The maximum absolute atomic E-state index is 9.09. The van der Waals surface area contributed by atoms with Crippen LogP contribution in [0.2, 0.25) is 0 Å². The van der Waals surface area contributed by atoms with Gasteiger partial charge in [-0.2, -0.15) is 5.26 Å². The van der Waals surface area contributed by atoms with Crippen LogP contribution in [0.25, 0.3) is 0 Å². The van der Waals surface area contributed by atoms with Crippen LogP contribution in [0, 0.1) is 25.2 Å². The lowest BCUT2D eigenvalue weighted by Gasteiger charge is -2.11. The van der Waals surface area contributed by atoms with Gasteiger partial charge in [0.15, 0.2) is 0 Å². The van der Waals surface area contributed by atoms with Crippen LogP contribution in [0.4, 0.5) is 5.69 Å². The van der Waals surface area contributed by atoms with Crippen LogP contribution in [0.15, 0.2) is 40.9 Å². The van der Waals surface area contributed by atoms with E-state index in [1.807, 2.05) is 18.2 Å². The average molecular weight is 315 g/mol.